The highest BCUT2D eigenvalue weighted by Gasteiger charge is 1.96. The van der Waals surface area contributed by atoms with Crippen LogP contribution < -0.4 is 4.74 Å². The average Bonchev–Trinajstić information content (AvgIpc) is 2.03. The van der Waals surface area contributed by atoms with E-state index >= 15 is 0 Å². The van der Waals surface area contributed by atoms with E-state index in [2.05, 4.69) is 0 Å². The van der Waals surface area contributed by atoms with Crippen LogP contribution in [0.5, 0.6) is 5.75 Å². The molecule has 2 nitrogen and oxygen atoms in total. The zero-order valence-corrected chi connectivity index (χ0v) is 6.51. The largest absolute Gasteiger partial charge is 0.477 e. The SMILES string of the molecule is N#CCOc1ccccc1Cl. The summed E-state index contributed by atoms with van der Waals surface area (Å²) in [5.74, 6) is 0.552. The van der Waals surface area contributed by atoms with Crippen LogP contribution in [-0.2, 0) is 0 Å². The molecule has 0 saturated heterocycles. The lowest BCUT2D eigenvalue weighted by Crippen LogP contribution is -1.93. The Balaban J connectivity index is 2.71. The zero-order chi connectivity index (χ0) is 8.10. The van der Waals surface area contributed by atoms with Crippen molar-refractivity contribution < 1.29 is 4.74 Å². The first-order valence-electron chi connectivity index (χ1n) is 3.09. The maximum Gasteiger partial charge on any atom is 0.174 e. The summed E-state index contributed by atoms with van der Waals surface area (Å²) in [5, 5.41) is 8.73. The molecule has 0 spiro atoms. The fourth-order valence-corrected chi connectivity index (χ4v) is 0.862. The summed E-state index contributed by atoms with van der Waals surface area (Å²) < 4.78 is 4.99. The summed E-state index contributed by atoms with van der Waals surface area (Å²) in [5.41, 5.74) is 0. The molecule has 0 aliphatic rings. The summed E-state index contributed by atoms with van der Waals surface area (Å²) in [6.07, 6.45) is 0. The van der Waals surface area contributed by atoms with Gasteiger partial charge in [0.25, 0.3) is 0 Å². The van der Waals surface area contributed by atoms with Crippen LogP contribution in [-0.4, -0.2) is 6.61 Å². The Labute approximate surface area is 70.0 Å². The molecular formula is C8H6ClNO. The van der Waals surface area contributed by atoms with Crippen molar-refractivity contribution >= 4 is 11.6 Å². The van der Waals surface area contributed by atoms with Crippen LogP contribution in [0, 0.1) is 11.3 Å². The molecule has 0 saturated carbocycles. The lowest BCUT2D eigenvalue weighted by molar-refractivity contribution is 0.368. The first-order chi connectivity index (χ1) is 5.34. The van der Waals surface area contributed by atoms with Crippen LogP contribution in [0.15, 0.2) is 24.3 Å². The Bertz CT molecular complexity index is 280. The molecule has 1 aromatic rings. The monoisotopic (exact) mass is 167 g/mol. The van der Waals surface area contributed by atoms with Crippen molar-refractivity contribution in [3.05, 3.63) is 29.3 Å². The first kappa shape index (κ1) is 7.90. The molecule has 3 heteroatoms. The van der Waals surface area contributed by atoms with E-state index in [1.54, 1.807) is 18.2 Å². The van der Waals surface area contributed by atoms with Gasteiger partial charge in [-0.3, -0.25) is 0 Å². The smallest absolute Gasteiger partial charge is 0.174 e. The van der Waals surface area contributed by atoms with E-state index in [-0.39, 0.29) is 6.61 Å². The highest BCUT2D eigenvalue weighted by molar-refractivity contribution is 6.32. The van der Waals surface area contributed by atoms with Crippen LogP contribution in [0.25, 0.3) is 0 Å². The highest BCUT2D eigenvalue weighted by atomic mass is 35.5. The van der Waals surface area contributed by atoms with Gasteiger partial charge in [-0.25, -0.2) is 0 Å². The summed E-state index contributed by atoms with van der Waals surface area (Å²) >= 11 is 5.73. The molecule has 0 atom stereocenters. The fraction of sp³-hybridized carbons (Fsp3) is 0.125. The number of ether oxygens (including phenoxy) is 1. The van der Waals surface area contributed by atoms with Crippen LogP contribution in [0.1, 0.15) is 0 Å². The molecule has 0 heterocycles. The Morgan fingerprint density at radius 1 is 1.45 bits per heavy atom. The van der Waals surface area contributed by atoms with Gasteiger partial charge in [-0.1, -0.05) is 23.7 Å². The Morgan fingerprint density at radius 2 is 2.18 bits per heavy atom. The number of para-hydroxylation sites is 1. The van der Waals surface area contributed by atoms with E-state index in [1.165, 1.54) is 0 Å². The van der Waals surface area contributed by atoms with E-state index in [1.807, 2.05) is 12.1 Å². The number of benzene rings is 1. The maximum absolute atomic E-state index is 8.20. The number of hydrogen-bond acceptors (Lipinski definition) is 2. The van der Waals surface area contributed by atoms with E-state index in [0.717, 1.165) is 0 Å². The van der Waals surface area contributed by atoms with Gasteiger partial charge in [-0.05, 0) is 12.1 Å². The van der Waals surface area contributed by atoms with Crippen LogP contribution in [0.4, 0.5) is 0 Å². The number of hydrogen-bond donors (Lipinski definition) is 0. The third-order valence-electron chi connectivity index (χ3n) is 1.13. The minimum atomic E-state index is 0.0315. The lowest BCUT2D eigenvalue weighted by Gasteiger charge is -2.01. The molecule has 0 N–H and O–H groups in total. The second-order valence-corrected chi connectivity index (χ2v) is 2.28. The molecule has 1 rings (SSSR count). The van der Waals surface area contributed by atoms with Gasteiger partial charge in [0.1, 0.15) is 11.8 Å². The molecule has 0 aromatic heterocycles. The second-order valence-electron chi connectivity index (χ2n) is 1.88. The molecular weight excluding hydrogens is 162 g/mol. The normalized spacial score (nSPS) is 8.73. The molecule has 56 valence electrons. The van der Waals surface area contributed by atoms with Crippen molar-refractivity contribution in [3.8, 4) is 11.8 Å². The van der Waals surface area contributed by atoms with Crippen LogP contribution >= 0.6 is 11.6 Å². The number of nitrogens with zero attached hydrogens (tertiary/aromatic N) is 1. The van der Waals surface area contributed by atoms with E-state index in [4.69, 9.17) is 21.6 Å². The molecule has 0 amide bonds. The van der Waals surface area contributed by atoms with Gasteiger partial charge in [0.2, 0.25) is 0 Å². The lowest BCUT2D eigenvalue weighted by atomic mass is 10.3. The minimum Gasteiger partial charge on any atom is -0.477 e. The van der Waals surface area contributed by atoms with Crippen molar-refractivity contribution in [2.75, 3.05) is 6.61 Å². The van der Waals surface area contributed by atoms with Gasteiger partial charge in [0.15, 0.2) is 6.61 Å². The van der Waals surface area contributed by atoms with Gasteiger partial charge in [0.05, 0.1) is 5.02 Å². The summed E-state index contributed by atoms with van der Waals surface area (Å²) in [7, 11) is 0. The van der Waals surface area contributed by atoms with Gasteiger partial charge in [0, 0.05) is 0 Å². The van der Waals surface area contributed by atoms with Crippen molar-refractivity contribution in [1.29, 1.82) is 5.26 Å². The van der Waals surface area contributed by atoms with Gasteiger partial charge < -0.3 is 4.74 Å². The topological polar surface area (TPSA) is 33.0 Å². The molecule has 11 heavy (non-hydrogen) atoms. The minimum absolute atomic E-state index is 0.0315. The van der Waals surface area contributed by atoms with Gasteiger partial charge in [-0.2, -0.15) is 5.26 Å². The van der Waals surface area contributed by atoms with Crippen molar-refractivity contribution in [1.82, 2.24) is 0 Å². The predicted molar refractivity (Wildman–Crippen MR) is 42.6 cm³/mol. The number of halogens is 1. The first-order valence-corrected chi connectivity index (χ1v) is 3.46. The quantitative estimate of drug-likeness (QED) is 0.677. The zero-order valence-electron chi connectivity index (χ0n) is 5.75. The maximum atomic E-state index is 8.20. The standard InChI is InChI=1S/C8H6ClNO/c9-7-3-1-2-4-8(7)11-6-5-10/h1-4H,6H2. The second kappa shape index (κ2) is 3.85. The van der Waals surface area contributed by atoms with Crippen molar-refractivity contribution in [2.24, 2.45) is 0 Å². The molecule has 1 aromatic carbocycles. The Kier molecular flexibility index (Phi) is 2.76. The predicted octanol–water partition coefficient (Wildman–Crippen LogP) is 2.24. The van der Waals surface area contributed by atoms with E-state index in [0.29, 0.717) is 10.8 Å². The molecule has 0 fully saturated rings. The third-order valence-corrected chi connectivity index (χ3v) is 1.44. The van der Waals surface area contributed by atoms with Gasteiger partial charge >= 0.3 is 0 Å². The molecule has 0 unspecified atom stereocenters. The Morgan fingerprint density at radius 3 is 2.82 bits per heavy atom. The summed E-state index contributed by atoms with van der Waals surface area (Å²) in [4.78, 5) is 0. The fourth-order valence-electron chi connectivity index (χ4n) is 0.672. The van der Waals surface area contributed by atoms with E-state index in [9.17, 15) is 0 Å². The average molecular weight is 168 g/mol. The van der Waals surface area contributed by atoms with Crippen molar-refractivity contribution in [2.45, 2.75) is 0 Å². The van der Waals surface area contributed by atoms with Crippen LogP contribution in [0.2, 0.25) is 5.02 Å². The molecule has 0 aliphatic carbocycles. The van der Waals surface area contributed by atoms with E-state index < -0.39 is 0 Å². The summed E-state index contributed by atoms with van der Waals surface area (Å²) in [6, 6.07) is 8.91. The van der Waals surface area contributed by atoms with Crippen molar-refractivity contribution in [3.63, 3.8) is 0 Å². The number of nitriles is 1. The molecule has 0 radical (unpaired) electrons. The highest BCUT2D eigenvalue weighted by Crippen LogP contribution is 2.22. The van der Waals surface area contributed by atoms with Gasteiger partial charge in [-0.15, -0.1) is 0 Å². The third kappa shape index (κ3) is 2.14. The van der Waals surface area contributed by atoms with Crippen LogP contribution in [0.3, 0.4) is 0 Å². The molecule has 0 aliphatic heterocycles. The number of rotatable bonds is 2. The Hall–Kier alpha value is -1.20. The molecule has 0 bridgehead atoms. The summed E-state index contributed by atoms with van der Waals surface area (Å²) in [6.45, 7) is 0.0315.